The van der Waals surface area contributed by atoms with Crippen molar-refractivity contribution < 1.29 is 9.59 Å². The number of rotatable bonds is 2. The third-order valence-electron chi connectivity index (χ3n) is 2.57. The van der Waals surface area contributed by atoms with Crippen LogP contribution >= 0.6 is 31.9 Å². The Hall–Kier alpha value is -1.50. The van der Waals surface area contributed by atoms with Crippen molar-refractivity contribution in [2.75, 3.05) is 0 Å². The van der Waals surface area contributed by atoms with Crippen LogP contribution in [0.1, 0.15) is 20.7 Å². The van der Waals surface area contributed by atoms with Gasteiger partial charge in [0.15, 0.2) is 0 Å². The van der Waals surface area contributed by atoms with Crippen LogP contribution in [0.3, 0.4) is 0 Å². The second-order valence-electron chi connectivity index (χ2n) is 4.00. The van der Waals surface area contributed by atoms with E-state index in [0.717, 1.165) is 8.95 Å². The van der Waals surface area contributed by atoms with Crippen LogP contribution in [0.2, 0.25) is 0 Å². The summed E-state index contributed by atoms with van der Waals surface area (Å²) in [6, 6.07) is 13.4. The fourth-order valence-corrected chi connectivity index (χ4v) is 2.92. The zero-order valence-electron chi connectivity index (χ0n) is 10.2. The van der Waals surface area contributed by atoms with E-state index >= 15 is 0 Å². The number of carbonyl (C=O) groups is 2. The molecule has 0 saturated carbocycles. The van der Waals surface area contributed by atoms with Crippen molar-refractivity contribution >= 4 is 43.7 Å². The molecule has 0 fully saturated rings. The van der Waals surface area contributed by atoms with Gasteiger partial charge in [-0.2, -0.15) is 0 Å². The van der Waals surface area contributed by atoms with Gasteiger partial charge < -0.3 is 0 Å². The van der Waals surface area contributed by atoms with Gasteiger partial charge in [-0.15, -0.1) is 0 Å². The maximum absolute atomic E-state index is 12.2. The zero-order chi connectivity index (χ0) is 14.7. The largest absolute Gasteiger partial charge is 0.275 e. The molecule has 0 aliphatic rings. The molecule has 102 valence electrons. The van der Waals surface area contributed by atoms with Gasteiger partial charge in [0.2, 0.25) is 0 Å². The summed E-state index contributed by atoms with van der Waals surface area (Å²) in [5.41, 5.74) is 0.676. The van der Waals surface area contributed by atoms with Crippen LogP contribution in [-0.2, 0) is 0 Å². The fourth-order valence-electron chi connectivity index (χ4n) is 1.63. The average Bonchev–Trinajstić information content (AvgIpc) is 2.45. The second kappa shape index (κ2) is 6.30. The van der Waals surface area contributed by atoms with E-state index in [-0.39, 0.29) is 0 Å². The molecule has 2 aromatic carbocycles. The van der Waals surface area contributed by atoms with Crippen LogP contribution in [-0.4, -0.2) is 16.8 Å². The highest BCUT2D eigenvalue weighted by molar-refractivity contribution is 9.11. The summed E-state index contributed by atoms with van der Waals surface area (Å²) in [6.07, 6.45) is 0. The van der Waals surface area contributed by atoms with Crippen molar-refractivity contribution in [3.8, 4) is 0 Å². The lowest BCUT2D eigenvalue weighted by atomic mass is 10.1. The standard InChI is InChI=1S/C14H10Br2N2O2/c15-11-6-10(7-12(16)8-11)14(20)18(17)13(19)9-4-2-1-3-5-9/h1-8H,17H2. The number of nitrogens with two attached hydrogens (primary N) is 1. The molecule has 6 heteroatoms. The first-order chi connectivity index (χ1) is 9.49. The van der Waals surface area contributed by atoms with E-state index in [1.165, 1.54) is 0 Å². The fraction of sp³-hybridized carbons (Fsp3) is 0. The SMILES string of the molecule is NN(C(=O)c1ccccc1)C(=O)c1cc(Br)cc(Br)c1. The molecule has 2 amide bonds. The molecule has 0 atom stereocenters. The van der Waals surface area contributed by atoms with E-state index in [0.29, 0.717) is 16.1 Å². The zero-order valence-corrected chi connectivity index (χ0v) is 13.4. The monoisotopic (exact) mass is 396 g/mol. The van der Waals surface area contributed by atoms with Gasteiger partial charge in [-0.3, -0.25) is 9.59 Å². The molecule has 0 aromatic heterocycles. The van der Waals surface area contributed by atoms with Crippen LogP contribution in [0.4, 0.5) is 0 Å². The highest BCUT2D eigenvalue weighted by Gasteiger charge is 2.21. The first-order valence-corrected chi connectivity index (χ1v) is 7.22. The van der Waals surface area contributed by atoms with Crippen molar-refractivity contribution in [2.45, 2.75) is 0 Å². The van der Waals surface area contributed by atoms with Crippen LogP contribution in [0.25, 0.3) is 0 Å². The molecule has 0 heterocycles. The Morgan fingerprint density at radius 3 is 1.90 bits per heavy atom. The predicted molar refractivity (Wildman–Crippen MR) is 83.0 cm³/mol. The van der Waals surface area contributed by atoms with Gasteiger partial charge in [0.05, 0.1) is 0 Å². The van der Waals surface area contributed by atoms with Crippen LogP contribution in [0, 0.1) is 0 Å². The first kappa shape index (κ1) is 14.9. The molecule has 2 rings (SSSR count). The molecule has 0 unspecified atom stereocenters. The molecular weight excluding hydrogens is 388 g/mol. The molecule has 0 aliphatic heterocycles. The van der Waals surface area contributed by atoms with E-state index in [1.807, 2.05) is 0 Å². The normalized spacial score (nSPS) is 10.2. The number of imide groups is 1. The highest BCUT2D eigenvalue weighted by atomic mass is 79.9. The topological polar surface area (TPSA) is 63.4 Å². The predicted octanol–water partition coefficient (Wildman–Crippen LogP) is 3.37. The van der Waals surface area contributed by atoms with Crippen LogP contribution < -0.4 is 5.84 Å². The number of benzene rings is 2. The molecular formula is C14H10Br2N2O2. The molecule has 0 saturated heterocycles. The molecule has 4 nitrogen and oxygen atoms in total. The van der Waals surface area contributed by atoms with E-state index in [2.05, 4.69) is 31.9 Å². The lowest BCUT2D eigenvalue weighted by molar-refractivity contribution is 0.0615. The maximum Gasteiger partial charge on any atom is 0.275 e. The molecule has 2 N–H and O–H groups in total. The minimum Gasteiger partial charge on any atom is -0.267 e. The van der Waals surface area contributed by atoms with Gasteiger partial charge in [0.25, 0.3) is 11.8 Å². The number of halogens is 2. The van der Waals surface area contributed by atoms with Crippen molar-refractivity contribution in [3.05, 3.63) is 68.6 Å². The molecule has 20 heavy (non-hydrogen) atoms. The number of amides is 2. The van der Waals surface area contributed by atoms with Crippen molar-refractivity contribution in [1.82, 2.24) is 5.01 Å². The Morgan fingerprint density at radius 1 is 0.850 bits per heavy atom. The minimum absolute atomic E-state index is 0.318. The number of hydrogen-bond acceptors (Lipinski definition) is 3. The van der Waals surface area contributed by atoms with E-state index in [9.17, 15) is 9.59 Å². The third kappa shape index (κ3) is 3.33. The quantitative estimate of drug-likeness (QED) is 0.365. The molecule has 0 aliphatic carbocycles. The summed E-state index contributed by atoms with van der Waals surface area (Å²) in [5, 5.41) is 0.615. The summed E-state index contributed by atoms with van der Waals surface area (Å²) in [7, 11) is 0. The summed E-state index contributed by atoms with van der Waals surface area (Å²) in [6.45, 7) is 0. The number of nitrogens with zero attached hydrogens (tertiary/aromatic N) is 1. The van der Waals surface area contributed by atoms with Gasteiger partial charge >= 0.3 is 0 Å². The van der Waals surface area contributed by atoms with E-state index in [1.54, 1.807) is 48.5 Å². The Labute approximate surface area is 132 Å². The molecule has 0 radical (unpaired) electrons. The minimum atomic E-state index is -0.569. The summed E-state index contributed by atoms with van der Waals surface area (Å²) < 4.78 is 1.44. The Kier molecular flexibility index (Phi) is 4.69. The van der Waals surface area contributed by atoms with Crippen LogP contribution in [0.5, 0.6) is 0 Å². The number of hydrazine groups is 1. The Morgan fingerprint density at radius 2 is 1.35 bits per heavy atom. The van der Waals surface area contributed by atoms with Gasteiger partial charge in [0, 0.05) is 20.1 Å². The van der Waals surface area contributed by atoms with Crippen molar-refractivity contribution in [3.63, 3.8) is 0 Å². The van der Waals surface area contributed by atoms with Gasteiger partial charge in [0.1, 0.15) is 0 Å². The summed E-state index contributed by atoms with van der Waals surface area (Å²) in [4.78, 5) is 24.3. The Bertz CT molecular complexity index is 639. The van der Waals surface area contributed by atoms with E-state index < -0.39 is 11.8 Å². The summed E-state index contributed by atoms with van der Waals surface area (Å²) in [5.74, 6) is 4.51. The molecule has 0 bridgehead atoms. The maximum atomic E-state index is 12.2. The van der Waals surface area contributed by atoms with Gasteiger partial charge in [-0.25, -0.2) is 10.9 Å². The lowest BCUT2D eigenvalue weighted by Crippen LogP contribution is -2.42. The van der Waals surface area contributed by atoms with Gasteiger partial charge in [-0.1, -0.05) is 50.1 Å². The third-order valence-corrected chi connectivity index (χ3v) is 3.48. The number of carbonyl (C=O) groups excluding carboxylic acids is 2. The summed E-state index contributed by atoms with van der Waals surface area (Å²) >= 11 is 6.57. The van der Waals surface area contributed by atoms with Gasteiger partial charge in [-0.05, 0) is 30.3 Å². The van der Waals surface area contributed by atoms with Crippen molar-refractivity contribution in [2.24, 2.45) is 5.84 Å². The molecule has 0 spiro atoms. The highest BCUT2D eigenvalue weighted by Crippen LogP contribution is 2.21. The van der Waals surface area contributed by atoms with E-state index in [4.69, 9.17) is 5.84 Å². The average molecular weight is 398 g/mol. The van der Waals surface area contributed by atoms with Crippen molar-refractivity contribution in [1.29, 1.82) is 0 Å². The number of hydrogen-bond donors (Lipinski definition) is 1. The van der Waals surface area contributed by atoms with Crippen LogP contribution in [0.15, 0.2) is 57.5 Å². The Balaban J connectivity index is 2.27. The first-order valence-electron chi connectivity index (χ1n) is 5.63. The molecule has 2 aromatic rings. The second-order valence-corrected chi connectivity index (χ2v) is 5.84. The smallest absolute Gasteiger partial charge is 0.267 e. The lowest BCUT2D eigenvalue weighted by Gasteiger charge is -2.15.